The molecule has 0 spiro atoms. The second-order valence-electron chi connectivity index (χ2n) is 14.6. The van der Waals surface area contributed by atoms with Crippen LogP contribution in [-0.4, -0.2) is 91.8 Å². The number of ether oxygens (including phenoxy) is 1. The van der Waals surface area contributed by atoms with Crippen LogP contribution in [0.5, 0.6) is 5.75 Å². The molecule has 2 aliphatic heterocycles. The molecule has 48 heavy (non-hydrogen) atoms. The summed E-state index contributed by atoms with van der Waals surface area (Å²) < 4.78 is 36.8. The maximum absolute atomic E-state index is 14.6. The largest absolute Gasteiger partial charge is 0.497 e. The van der Waals surface area contributed by atoms with Crippen molar-refractivity contribution in [1.82, 2.24) is 23.4 Å². The van der Waals surface area contributed by atoms with Crippen LogP contribution in [0.3, 0.4) is 0 Å². The minimum absolute atomic E-state index is 0.242. The van der Waals surface area contributed by atoms with Gasteiger partial charge in [-0.25, -0.2) is 4.72 Å². The molecule has 2 atom stereocenters. The summed E-state index contributed by atoms with van der Waals surface area (Å²) in [5.41, 5.74) is 4.06. The number of methoxy groups -OCH3 is 1. The van der Waals surface area contributed by atoms with E-state index in [9.17, 15) is 18.0 Å². The third kappa shape index (κ3) is 5.92. The fourth-order valence-electron chi connectivity index (χ4n) is 8.58. The zero-order valence-electron chi connectivity index (χ0n) is 28.7. The van der Waals surface area contributed by atoms with Gasteiger partial charge in [0.1, 0.15) is 5.75 Å². The molecule has 2 saturated heterocycles. The Bertz CT molecular complexity index is 1800. The summed E-state index contributed by atoms with van der Waals surface area (Å²) in [6.45, 7) is 4.32. The van der Waals surface area contributed by atoms with Crippen molar-refractivity contribution in [3.8, 4) is 17.0 Å². The summed E-state index contributed by atoms with van der Waals surface area (Å²) in [4.78, 5) is 32.7. The number of likely N-dealkylation sites (tertiary alicyclic amines) is 1. The van der Waals surface area contributed by atoms with E-state index in [1.807, 2.05) is 24.3 Å². The SMILES string of the molecule is CCN(C)S(=O)(=O)NC(=O)c1ccc2c(C3CCCCC3)c(-c3ccc(OC)cc3)n(CC3(C(=O)N4C5CCC4CN(C)C5)CC3)c2c1. The molecule has 2 aliphatic carbocycles. The summed E-state index contributed by atoms with van der Waals surface area (Å²) in [5.74, 6) is 0.725. The number of rotatable bonds is 10. The Morgan fingerprint density at radius 2 is 1.65 bits per heavy atom. The number of nitrogens with one attached hydrogen (secondary N) is 1. The van der Waals surface area contributed by atoms with E-state index in [1.54, 1.807) is 20.1 Å². The van der Waals surface area contributed by atoms with Gasteiger partial charge < -0.3 is 19.1 Å². The Balaban J connectivity index is 1.37. The van der Waals surface area contributed by atoms with Gasteiger partial charge >= 0.3 is 10.2 Å². The van der Waals surface area contributed by atoms with Crippen molar-refractivity contribution in [2.75, 3.05) is 40.8 Å². The van der Waals surface area contributed by atoms with Gasteiger partial charge in [-0.2, -0.15) is 12.7 Å². The normalized spacial score (nSPS) is 22.7. The Morgan fingerprint density at radius 1 is 0.979 bits per heavy atom. The maximum Gasteiger partial charge on any atom is 0.303 e. The van der Waals surface area contributed by atoms with Crippen LogP contribution in [0.25, 0.3) is 22.2 Å². The van der Waals surface area contributed by atoms with Crippen LogP contribution in [0, 0.1) is 5.41 Å². The molecule has 7 rings (SSSR count). The number of benzene rings is 2. The fraction of sp³-hybridized carbons (Fsp3) is 0.568. The summed E-state index contributed by atoms with van der Waals surface area (Å²) >= 11 is 0. The molecule has 0 radical (unpaired) electrons. The first-order valence-corrected chi connectivity index (χ1v) is 19.1. The fourth-order valence-corrected chi connectivity index (χ4v) is 9.43. The van der Waals surface area contributed by atoms with Gasteiger partial charge in [0.05, 0.1) is 18.2 Å². The lowest BCUT2D eigenvalue weighted by Crippen LogP contribution is -2.56. The molecule has 2 unspecified atom stereocenters. The number of piperazine rings is 1. The van der Waals surface area contributed by atoms with Crippen LogP contribution < -0.4 is 9.46 Å². The first-order chi connectivity index (χ1) is 23.0. The molecule has 3 heterocycles. The quantitative estimate of drug-likeness (QED) is 0.310. The number of hydrogen-bond donors (Lipinski definition) is 1. The first kappa shape index (κ1) is 33.1. The Morgan fingerprint density at radius 3 is 2.25 bits per heavy atom. The van der Waals surface area contributed by atoms with Crippen LogP contribution in [-0.2, 0) is 21.5 Å². The van der Waals surface area contributed by atoms with Crippen molar-refractivity contribution in [2.24, 2.45) is 5.41 Å². The molecule has 2 bridgehead atoms. The second-order valence-corrected chi connectivity index (χ2v) is 16.4. The van der Waals surface area contributed by atoms with Crippen LogP contribution in [0.2, 0.25) is 0 Å². The van der Waals surface area contributed by atoms with Crippen molar-refractivity contribution in [2.45, 2.75) is 89.3 Å². The van der Waals surface area contributed by atoms with E-state index in [4.69, 9.17) is 4.74 Å². The van der Waals surface area contributed by atoms with E-state index in [2.05, 4.69) is 38.3 Å². The maximum atomic E-state index is 14.6. The molecule has 258 valence electrons. The molecule has 2 amide bonds. The molecule has 10 nitrogen and oxygen atoms in total. The lowest BCUT2D eigenvalue weighted by molar-refractivity contribution is -0.143. The number of carbonyl (C=O) groups is 2. The smallest absolute Gasteiger partial charge is 0.303 e. The Hall–Kier alpha value is -3.41. The van der Waals surface area contributed by atoms with E-state index >= 15 is 0 Å². The van der Waals surface area contributed by atoms with Crippen molar-refractivity contribution in [3.05, 3.63) is 53.6 Å². The predicted molar refractivity (Wildman–Crippen MR) is 187 cm³/mol. The average molecular weight is 676 g/mol. The van der Waals surface area contributed by atoms with Gasteiger partial charge in [0.2, 0.25) is 5.91 Å². The molecular weight excluding hydrogens is 627 g/mol. The topological polar surface area (TPSA) is 104 Å². The number of carbonyl (C=O) groups excluding carboxylic acids is 2. The van der Waals surface area contributed by atoms with E-state index in [-0.39, 0.29) is 30.1 Å². The average Bonchev–Trinajstić information content (AvgIpc) is 3.74. The van der Waals surface area contributed by atoms with E-state index in [0.717, 1.165) is 96.7 Å². The molecule has 4 aliphatic rings. The van der Waals surface area contributed by atoms with Crippen LogP contribution in [0.4, 0.5) is 0 Å². The molecule has 2 aromatic carbocycles. The minimum atomic E-state index is -3.98. The number of amides is 2. The summed E-state index contributed by atoms with van der Waals surface area (Å²) in [6, 6.07) is 14.3. The van der Waals surface area contributed by atoms with Crippen molar-refractivity contribution < 1.29 is 22.7 Å². The molecule has 11 heteroatoms. The third-order valence-corrected chi connectivity index (χ3v) is 13.0. The van der Waals surface area contributed by atoms with E-state index in [0.29, 0.717) is 12.5 Å². The summed E-state index contributed by atoms with van der Waals surface area (Å²) in [6.07, 6.45) is 9.50. The molecule has 1 aromatic heterocycles. The van der Waals surface area contributed by atoms with E-state index in [1.165, 1.54) is 19.0 Å². The molecule has 1 N–H and O–H groups in total. The monoisotopic (exact) mass is 675 g/mol. The number of aromatic nitrogens is 1. The number of fused-ring (bicyclic) bond motifs is 3. The lowest BCUT2D eigenvalue weighted by atomic mass is 9.81. The highest BCUT2D eigenvalue weighted by Gasteiger charge is 2.56. The Labute approximate surface area is 284 Å². The highest BCUT2D eigenvalue weighted by Crippen LogP contribution is 2.53. The number of nitrogens with zero attached hydrogens (tertiary/aromatic N) is 4. The van der Waals surface area contributed by atoms with Gasteiger partial charge in [-0.15, -0.1) is 0 Å². The van der Waals surface area contributed by atoms with Gasteiger partial charge in [-0.1, -0.05) is 32.3 Å². The summed E-state index contributed by atoms with van der Waals surface area (Å²) in [7, 11) is 1.28. The van der Waals surface area contributed by atoms with Gasteiger partial charge in [0.15, 0.2) is 0 Å². The standard InChI is InChI=1S/C37H49N5O5S/c1-5-40(3)48(45,46)38-35(43)27-13-18-31-32(21-27)41(24-37(19-20-37)36(44)42-28-14-15-29(42)23-39(2)22-28)34(26-11-16-30(47-4)17-12-26)33(31)25-9-7-6-8-10-25/h11-13,16-18,21,25,28-29H,5-10,14-15,19-20,22-24H2,1-4H3,(H,38,43). The molecule has 3 aromatic rings. The van der Waals surface area contributed by atoms with Crippen LogP contribution >= 0.6 is 0 Å². The van der Waals surface area contributed by atoms with Crippen molar-refractivity contribution in [1.29, 1.82) is 0 Å². The van der Waals surface area contributed by atoms with Crippen molar-refractivity contribution in [3.63, 3.8) is 0 Å². The zero-order valence-corrected chi connectivity index (χ0v) is 29.5. The van der Waals surface area contributed by atoms with Gasteiger partial charge in [-0.3, -0.25) is 9.59 Å². The first-order valence-electron chi connectivity index (χ1n) is 17.7. The number of hydrogen-bond acceptors (Lipinski definition) is 6. The summed E-state index contributed by atoms with van der Waals surface area (Å²) in [5, 5.41) is 1.07. The molecule has 2 saturated carbocycles. The zero-order chi connectivity index (χ0) is 33.8. The second kappa shape index (κ2) is 12.8. The van der Waals surface area contributed by atoms with Crippen LogP contribution in [0.1, 0.15) is 86.6 Å². The van der Waals surface area contributed by atoms with E-state index < -0.39 is 21.5 Å². The van der Waals surface area contributed by atoms with Gasteiger partial charge in [-0.05, 0) is 99.0 Å². The Kier molecular flexibility index (Phi) is 8.83. The lowest BCUT2D eigenvalue weighted by Gasteiger charge is -2.41. The van der Waals surface area contributed by atoms with Crippen molar-refractivity contribution >= 4 is 32.9 Å². The minimum Gasteiger partial charge on any atom is -0.497 e. The highest BCUT2D eigenvalue weighted by molar-refractivity contribution is 7.87. The molecule has 4 fully saturated rings. The molecular formula is C37H49N5O5S. The van der Waals surface area contributed by atoms with Gasteiger partial charge in [0, 0.05) is 61.8 Å². The van der Waals surface area contributed by atoms with Crippen LogP contribution in [0.15, 0.2) is 42.5 Å². The third-order valence-electron chi connectivity index (χ3n) is 11.5. The predicted octanol–water partition coefficient (Wildman–Crippen LogP) is 5.38. The van der Waals surface area contributed by atoms with Gasteiger partial charge in [0.25, 0.3) is 5.91 Å². The number of likely N-dealkylation sites (N-methyl/N-ethyl adjacent to an activating group) is 1. The highest BCUT2D eigenvalue weighted by atomic mass is 32.2.